The Labute approximate surface area is 163 Å². The lowest BCUT2D eigenvalue weighted by Gasteiger charge is -2.13. The zero-order chi connectivity index (χ0) is 19.2. The summed E-state index contributed by atoms with van der Waals surface area (Å²) in [5, 5.41) is 6.48. The summed E-state index contributed by atoms with van der Waals surface area (Å²) in [6.45, 7) is 10.1. The molecule has 0 unspecified atom stereocenters. The van der Waals surface area contributed by atoms with Crippen LogP contribution in [0.1, 0.15) is 44.9 Å². The van der Waals surface area contributed by atoms with Gasteiger partial charge >= 0.3 is 0 Å². The van der Waals surface area contributed by atoms with E-state index >= 15 is 0 Å². The number of aromatic nitrogens is 1. The van der Waals surface area contributed by atoms with E-state index in [0.29, 0.717) is 24.9 Å². The van der Waals surface area contributed by atoms with Crippen LogP contribution in [0, 0.1) is 0 Å². The minimum atomic E-state index is -0.0545. The van der Waals surface area contributed by atoms with Gasteiger partial charge in [-0.1, -0.05) is 36.7 Å². The Morgan fingerprint density at radius 1 is 1.31 bits per heavy atom. The number of hydrogen-bond donors (Lipinski definition) is 2. The summed E-state index contributed by atoms with van der Waals surface area (Å²) >= 11 is 3.49. The smallest absolute Gasteiger partial charge is 0.213 e. The average molecular weight is 423 g/mol. The number of guanidine groups is 1. The first kappa shape index (κ1) is 20.3. The van der Waals surface area contributed by atoms with Crippen LogP contribution < -0.4 is 15.4 Å². The largest absolute Gasteiger partial charge is 0.496 e. The summed E-state index contributed by atoms with van der Waals surface area (Å²) in [5.41, 5.74) is 0.950. The number of oxazole rings is 1. The molecule has 0 saturated heterocycles. The monoisotopic (exact) mass is 422 g/mol. The number of nitrogens with one attached hydrogen (secondary N) is 2. The highest BCUT2D eigenvalue weighted by molar-refractivity contribution is 9.10. The fourth-order valence-corrected chi connectivity index (χ4v) is 2.68. The Morgan fingerprint density at radius 3 is 2.69 bits per heavy atom. The topological polar surface area (TPSA) is 71.7 Å². The van der Waals surface area contributed by atoms with E-state index in [1.807, 2.05) is 25.1 Å². The van der Waals surface area contributed by atoms with Gasteiger partial charge in [-0.2, -0.15) is 0 Å². The summed E-state index contributed by atoms with van der Waals surface area (Å²) in [5.74, 6) is 3.02. The molecule has 2 N–H and O–H groups in total. The molecule has 0 spiro atoms. The molecular formula is C19H27BrN4O2. The molecule has 0 radical (unpaired) electrons. The van der Waals surface area contributed by atoms with Crippen LogP contribution in [-0.2, 0) is 18.5 Å². The highest BCUT2D eigenvalue weighted by Crippen LogP contribution is 2.24. The molecule has 0 aliphatic heterocycles. The molecule has 0 amide bonds. The molecule has 0 aliphatic carbocycles. The maximum atomic E-state index is 5.81. The number of hydrogen-bond acceptors (Lipinski definition) is 4. The number of benzene rings is 1. The third-order valence-electron chi connectivity index (χ3n) is 3.69. The number of rotatable bonds is 6. The van der Waals surface area contributed by atoms with Gasteiger partial charge in [0.25, 0.3) is 0 Å². The first-order chi connectivity index (χ1) is 12.3. The van der Waals surface area contributed by atoms with Gasteiger partial charge in [-0.05, 0) is 25.1 Å². The first-order valence-electron chi connectivity index (χ1n) is 8.63. The van der Waals surface area contributed by atoms with Crippen LogP contribution in [-0.4, -0.2) is 24.6 Å². The molecule has 6 nitrogen and oxygen atoms in total. The van der Waals surface area contributed by atoms with Gasteiger partial charge in [-0.15, -0.1) is 0 Å². The second-order valence-electron chi connectivity index (χ2n) is 6.87. The molecular weight excluding hydrogens is 396 g/mol. The molecule has 7 heteroatoms. The molecule has 1 aromatic heterocycles. The highest BCUT2D eigenvalue weighted by atomic mass is 79.9. The lowest BCUT2D eigenvalue weighted by atomic mass is 9.94. The molecule has 2 aromatic rings. The Morgan fingerprint density at radius 2 is 2.08 bits per heavy atom. The Hall–Kier alpha value is -2.02. The van der Waals surface area contributed by atoms with Crippen molar-refractivity contribution in [2.45, 2.75) is 46.2 Å². The van der Waals surface area contributed by atoms with E-state index in [4.69, 9.17) is 9.15 Å². The number of nitrogens with zero attached hydrogens (tertiary/aromatic N) is 2. The first-order valence-corrected chi connectivity index (χ1v) is 9.42. The standard InChI is InChI=1S/C19H27BrN4O2/c1-6-21-18(23-10-13-9-14(20)7-8-15(13)25-5)24-12-17-22-11-16(26-17)19(2,3)4/h7-9,11H,6,10,12H2,1-5H3,(H2,21,23,24). The average Bonchev–Trinajstić information content (AvgIpc) is 3.07. The summed E-state index contributed by atoms with van der Waals surface area (Å²) in [4.78, 5) is 8.96. The van der Waals surface area contributed by atoms with Crippen LogP contribution in [0.2, 0.25) is 0 Å². The Bertz CT molecular complexity index is 750. The van der Waals surface area contributed by atoms with Gasteiger partial charge in [-0.25, -0.2) is 9.98 Å². The molecule has 0 fully saturated rings. The summed E-state index contributed by atoms with van der Waals surface area (Å²) in [6, 6.07) is 5.89. The summed E-state index contributed by atoms with van der Waals surface area (Å²) in [6.07, 6.45) is 1.79. The van der Waals surface area contributed by atoms with Crippen molar-refractivity contribution in [2.75, 3.05) is 13.7 Å². The van der Waals surface area contributed by atoms with E-state index in [-0.39, 0.29) is 5.41 Å². The normalized spacial score (nSPS) is 12.2. The van der Waals surface area contributed by atoms with E-state index < -0.39 is 0 Å². The third kappa shape index (κ3) is 5.76. The van der Waals surface area contributed by atoms with Crippen LogP contribution >= 0.6 is 15.9 Å². The SMILES string of the molecule is CCNC(=NCc1cc(Br)ccc1OC)NCc1ncc(C(C)(C)C)o1. The Kier molecular flexibility index (Phi) is 7.08. The summed E-state index contributed by atoms with van der Waals surface area (Å²) in [7, 11) is 1.66. The van der Waals surface area contributed by atoms with Gasteiger partial charge < -0.3 is 19.8 Å². The van der Waals surface area contributed by atoms with Gasteiger partial charge in [0, 0.05) is 22.0 Å². The number of halogens is 1. The third-order valence-corrected chi connectivity index (χ3v) is 4.19. The minimum Gasteiger partial charge on any atom is -0.496 e. The quantitative estimate of drug-likeness (QED) is 0.543. The number of aliphatic imine (C=N–C) groups is 1. The van der Waals surface area contributed by atoms with E-state index in [0.717, 1.165) is 28.1 Å². The molecule has 1 aromatic carbocycles. The number of methoxy groups -OCH3 is 1. The van der Waals surface area contributed by atoms with Gasteiger partial charge in [0.2, 0.25) is 5.89 Å². The fourth-order valence-electron chi connectivity index (χ4n) is 2.27. The maximum Gasteiger partial charge on any atom is 0.213 e. The predicted octanol–water partition coefficient (Wildman–Crippen LogP) is 4.00. The van der Waals surface area contributed by atoms with Gasteiger partial charge in [0.05, 0.1) is 26.4 Å². The Balaban J connectivity index is 2.05. The van der Waals surface area contributed by atoms with Crippen molar-refractivity contribution in [1.82, 2.24) is 15.6 Å². The van der Waals surface area contributed by atoms with Crippen LogP contribution in [0.5, 0.6) is 5.75 Å². The van der Waals surface area contributed by atoms with Crippen molar-refractivity contribution in [2.24, 2.45) is 4.99 Å². The molecule has 0 saturated carbocycles. The second kappa shape index (κ2) is 9.07. The molecule has 2 rings (SSSR count). The van der Waals surface area contributed by atoms with E-state index in [1.54, 1.807) is 13.3 Å². The van der Waals surface area contributed by atoms with Crippen LogP contribution in [0.15, 0.2) is 38.3 Å². The zero-order valence-corrected chi connectivity index (χ0v) is 17.6. The maximum absolute atomic E-state index is 5.81. The number of ether oxygens (including phenoxy) is 1. The molecule has 0 bridgehead atoms. The predicted molar refractivity (Wildman–Crippen MR) is 108 cm³/mol. The lowest BCUT2D eigenvalue weighted by Crippen LogP contribution is -2.36. The minimum absolute atomic E-state index is 0.0545. The molecule has 1 heterocycles. The molecule has 0 atom stereocenters. The summed E-state index contributed by atoms with van der Waals surface area (Å²) < 4.78 is 12.2. The van der Waals surface area contributed by atoms with Gasteiger partial charge in [0.1, 0.15) is 11.5 Å². The van der Waals surface area contributed by atoms with Gasteiger partial charge in [-0.3, -0.25) is 0 Å². The zero-order valence-electron chi connectivity index (χ0n) is 16.0. The van der Waals surface area contributed by atoms with Crippen LogP contribution in [0.4, 0.5) is 0 Å². The molecule has 26 heavy (non-hydrogen) atoms. The lowest BCUT2D eigenvalue weighted by molar-refractivity contribution is 0.379. The van der Waals surface area contributed by atoms with Crippen molar-refractivity contribution in [3.63, 3.8) is 0 Å². The van der Waals surface area contributed by atoms with E-state index in [9.17, 15) is 0 Å². The van der Waals surface area contributed by atoms with Gasteiger partial charge in [0.15, 0.2) is 5.96 Å². The van der Waals surface area contributed by atoms with Crippen molar-refractivity contribution in [1.29, 1.82) is 0 Å². The van der Waals surface area contributed by atoms with E-state index in [1.165, 1.54) is 0 Å². The van der Waals surface area contributed by atoms with Crippen molar-refractivity contribution < 1.29 is 9.15 Å². The highest BCUT2D eigenvalue weighted by Gasteiger charge is 2.19. The van der Waals surface area contributed by atoms with Crippen LogP contribution in [0.25, 0.3) is 0 Å². The molecule has 142 valence electrons. The van der Waals surface area contributed by atoms with Crippen molar-refractivity contribution in [3.8, 4) is 5.75 Å². The van der Waals surface area contributed by atoms with Crippen molar-refractivity contribution in [3.05, 3.63) is 46.1 Å². The van der Waals surface area contributed by atoms with E-state index in [2.05, 4.69) is 57.3 Å². The fraction of sp³-hybridized carbons (Fsp3) is 0.474. The van der Waals surface area contributed by atoms with Crippen molar-refractivity contribution >= 4 is 21.9 Å². The van der Waals surface area contributed by atoms with Crippen LogP contribution in [0.3, 0.4) is 0 Å². The molecule has 0 aliphatic rings. The second-order valence-corrected chi connectivity index (χ2v) is 7.79.